The Kier molecular flexibility index (Phi) is 5.35. The number of aromatic nitrogens is 3. The third-order valence-corrected chi connectivity index (χ3v) is 6.14. The molecule has 0 aliphatic rings. The van der Waals surface area contributed by atoms with Crippen LogP contribution in [-0.4, -0.2) is 14.8 Å². The van der Waals surface area contributed by atoms with Crippen LogP contribution in [0.5, 0.6) is 0 Å². The number of para-hydroxylation sites is 1. The number of aryl methyl sites for hydroxylation is 1. The van der Waals surface area contributed by atoms with Crippen LogP contribution in [0.15, 0.2) is 107 Å². The Labute approximate surface area is 189 Å². The molecule has 2 heterocycles. The molecule has 1 N–H and O–H groups in total. The maximum atomic E-state index is 14.1. The van der Waals surface area contributed by atoms with Gasteiger partial charge in [0.05, 0.1) is 16.1 Å². The van der Waals surface area contributed by atoms with Crippen molar-refractivity contribution in [2.45, 2.75) is 6.92 Å². The Hall–Kier alpha value is -4.03. The van der Waals surface area contributed by atoms with E-state index in [1.807, 2.05) is 104 Å². The summed E-state index contributed by atoms with van der Waals surface area (Å²) in [5.74, 6) is 0.536. The molecule has 0 atom stereocenters. The summed E-state index contributed by atoms with van der Waals surface area (Å²) in [6, 6.07) is 31.2. The molecule has 5 rings (SSSR count). The van der Waals surface area contributed by atoms with Crippen LogP contribution < -0.4 is 10.4 Å². The molecule has 0 radical (unpaired) electrons. The zero-order valence-corrected chi connectivity index (χ0v) is 18.2. The number of hydrogen-bond donors (Lipinski definition) is 1. The Morgan fingerprint density at radius 1 is 0.844 bits per heavy atom. The lowest BCUT2D eigenvalue weighted by atomic mass is 10.0. The Bertz CT molecular complexity index is 1480. The van der Waals surface area contributed by atoms with Gasteiger partial charge in [0.2, 0.25) is 0 Å². The van der Waals surface area contributed by atoms with Crippen molar-refractivity contribution < 1.29 is 0 Å². The number of nitrogens with one attached hydrogen (secondary N) is 1. The van der Waals surface area contributed by atoms with Crippen molar-refractivity contribution >= 4 is 17.2 Å². The molecule has 3 aromatic carbocycles. The van der Waals surface area contributed by atoms with Crippen LogP contribution >= 0.6 is 11.3 Å². The molecule has 156 valence electrons. The molecule has 0 saturated carbocycles. The number of nitrogens with zero attached hydrogens (tertiary/aromatic N) is 3. The van der Waals surface area contributed by atoms with Gasteiger partial charge in [0.25, 0.3) is 5.56 Å². The molecule has 5 nitrogen and oxygen atoms in total. The molecule has 2 aromatic heterocycles. The van der Waals surface area contributed by atoms with Gasteiger partial charge in [-0.05, 0) is 30.2 Å². The summed E-state index contributed by atoms with van der Waals surface area (Å²) in [6.45, 7) is 1.92. The summed E-state index contributed by atoms with van der Waals surface area (Å²) in [4.78, 5) is 20.3. The third-order valence-electron chi connectivity index (χ3n) is 5.04. The zero-order valence-electron chi connectivity index (χ0n) is 17.4. The molecule has 0 fully saturated rings. The van der Waals surface area contributed by atoms with Gasteiger partial charge in [-0.1, -0.05) is 90.2 Å². The SMILES string of the molecule is Cc1cc(N=c2sc(-c3ccccc3)c(-c3ccccc3)c(=O)n2-c2ccccc2)n[nH]1. The van der Waals surface area contributed by atoms with E-state index in [1.54, 1.807) is 4.57 Å². The normalized spacial score (nSPS) is 11.6. The second-order valence-corrected chi connectivity index (χ2v) is 8.30. The minimum absolute atomic E-state index is 0.119. The molecular weight excluding hydrogens is 416 g/mol. The molecule has 0 bridgehead atoms. The number of hydrogen-bond acceptors (Lipinski definition) is 4. The van der Waals surface area contributed by atoms with E-state index in [0.29, 0.717) is 16.2 Å². The van der Waals surface area contributed by atoms with Gasteiger partial charge >= 0.3 is 0 Å². The van der Waals surface area contributed by atoms with Crippen LogP contribution in [0.2, 0.25) is 0 Å². The van der Waals surface area contributed by atoms with Gasteiger partial charge in [0, 0.05) is 11.8 Å². The highest BCUT2D eigenvalue weighted by molar-refractivity contribution is 7.13. The second-order valence-electron chi connectivity index (χ2n) is 7.32. The fraction of sp³-hybridized carbons (Fsp3) is 0.0385. The lowest BCUT2D eigenvalue weighted by Gasteiger charge is -2.14. The van der Waals surface area contributed by atoms with E-state index in [-0.39, 0.29) is 5.56 Å². The summed E-state index contributed by atoms with van der Waals surface area (Å²) >= 11 is 1.48. The molecule has 0 aliphatic carbocycles. The molecule has 0 unspecified atom stereocenters. The van der Waals surface area contributed by atoms with Crippen LogP contribution in [0.1, 0.15) is 5.69 Å². The number of aromatic amines is 1. The molecule has 0 spiro atoms. The molecule has 32 heavy (non-hydrogen) atoms. The topological polar surface area (TPSA) is 63.0 Å². The summed E-state index contributed by atoms with van der Waals surface area (Å²) in [5.41, 5.74) is 4.06. The van der Waals surface area contributed by atoms with E-state index in [1.165, 1.54) is 11.3 Å². The minimum atomic E-state index is -0.119. The van der Waals surface area contributed by atoms with Gasteiger partial charge in [-0.25, -0.2) is 0 Å². The monoisotopic (exact) mass is 436 g/mol. The van der Waals surface area contributed by atoms with Crippen molar-refractivity contribution in [1.29, 1.82) is 0 Å². The van der Waals surface area contributed by atoms with E-state index >= 15 is 0 Å². The molecule has 0 aliphatic heterocycles. The zero-order chi connectivity index (χ0) is 21.9. The smallest absolute Gasteiger partial charge is 0.266 e. The van der Waals surface area contributed by atoms with Gasteiger partial charge < -0.3 is 0 Å². The van der Waals surface area contributed by atoms with Crippen LogP contribution in [0.4, 0.5) is 5.82 Å². The van der Waals surface area contributed by atoms with Crippen molar-refractivity contribution in [2.75, 3.05) is 0 Å². The molecular formula is C26H20N4OS. The average molecular weight is 437 g/mol. The summed E-state index contributed by atoms with van der Waals surface area (Å²) < 4.78 is 1.67. The van der Waals surface area contributed by atoms with Crippen molar-refractivity contribution in [3.8, 4) is 27.3 Å². The van der Waals surface area contributed by atoms with Crippen molar-refractivity contribution in [1.82, 2.24) is 14.8 Å². The standard InChI is InChI=1S/C26H20N4OS/c1-18-17-22(29-28-18)27-26-30(21-15-9-4-10-16-21)25(31)23(19-11-5-2-6-12-19)24(32-26)20-13-7-3-8-14-20/h2-17H,1H3,(H,28,29). The van der Waals surface area contributed by atoms with E-state index in [9.17, 15) is 4.79 Å². The highest BCUT2D eigenvalue weighted by Gasteiger charge is 2.18. The Morgan fingerprint density at radius 2 is 1.44 bits per heavy atom. The van der Waals surface area contributed by atoms with Crippen LogP contribution in [0.3, 0.4) is 0 Å². The summed E-state index contributed by atoms with van der Waals surface area (Å²) in [6.07, 6.45) is 0. The third kappa shape index (κ3) is 3.84. The average Bonchev–Trinajstić information content (AvgIpc) is 3.25. The Balaban J connectivity index is 1.92. The highest BCUT2D eigenvalue weighted by atomic mass is 32.1. The van der Waals surface area contributed by atoms with Crippen LogP contribution in [0.25, 0.3) is 27.3 Å². The lowest BCUT2D eigenvalue weighted by Crippen LogP contribution is -2.31. The minimum Gasteiger partial charge on any atom is -0.281 e. The Morgan fingerprint density at radius 3 is 2.03 bits per heavy atom. The number of rotatable bonds is 4. The first-order valence-electron chi connectivity index (χ1n) is 10.2. The number of H-pyrrole nitrogens is 1. The van der Waals surface area contributed by atoms with E-state index < -0.39 is 0 Å². The fourth-order valence-corrected chi connectivity index (χ4v) is 4.73. The van der Waals surface area contributed by atoms with Gasteiger partial charge in [0.15, 0.2) is 10.6 Å². The maximum absolute atomic E-state index is 14.1. The molecule has 6 heteroatoms. The quantitative estimate of drug-likeness (QED) is 0.404. The molecule has 0 amide bonds. The largest absolute Gasteiger partial charge is 0.281 e. The first-order valence-corrected chi connectivity index (χ1v) is 11.1. The van der Waals surface area contributed by atoms with Crippen LogP contribution in [-0.2, 0) is 0 Å². The fourth-order valence-electron chi connectivity index (χ4n) is 3.57. The first kappa shape index (κ1) is 19.9. The number of benzene rings is 3. The predicted octanol–water partition coefficient (Wildman–Crippen LogP) is 5.50. The molecule has 0 saturated heterocycles. The van der Waals surface area contributed by atoms with Gasteiger partial charge in [-0.3, -0.25) is 14.5 Å². The van der Waals surface area contributed by atoms with Gasteiger partial charge in [0.1, 0.15) is 0 Å². The maximum Gasteiger partial charge on any atom is 0.266 e. The second kappa shape index (κ2) is 8.61. The van der Waals surface area contributed by atoms with E-state index in [2.05, 4.69) is 10.2 Å². The van der Waals surface area contributed by atoms with Gasteiger partial charge in [-0.2, -0.15) is 10.1 Å². The molecule has 5 aromatic rings. The van der Waals surface area contributed by atoms with E-state index in [0.717, 1.165) is 27.4 Å². The van der Waals surface area contributed by atoms with Crippen molar-refractivity contribution in [2.24, 2.45) is 4.99 Å². The summed E-state index contributed by atoms with van der Waals surface area (Å²) in [7, 11) is 0. The summed E-state index contributed by atoms with van der Waals surface area (Å²) in [5, 5.41) is 7.18. The first-order chi connectivity index (χ1) is 15.7. The van der Waals surface area contributed by atoms with Crippen molar-refractivity contribution in [3.63, 3.8) is 0 Å². The van der Waals surface area contributed by atoms with Crippen LogP contribution in [0, 0.1) is 6.92 Å². The lowest BCUT2D eigenvalue weighted by molar-refractivity contribution is 0.937. The van der Waals surface area contributed by atoms with Crippen molar-refractivity contribution in [3.05, 3.63) is 118 Å². The highest BCUT2D eigenvalue weighted by Crippen LogP contribution is 2.31. The van der Waals surface area contributed by atoms with Gasteiger partial charge in [-0.15, -0.1) is 0 Å². The predicted molar refractivity (Wildman–Crippen MR) is 129 cm³/mol. The van der Waals surface area contributed by atoms with E-state index in [4.69, 9.17) is 4.99 Å².